The van der Waals surface area contributed by atoms with Gasteiger partial charge in [-0.2, -0.15) is 0 Å². The van der Waals surface area contributed by atoms with Crippen LogP contribution < -0.4 is 5.32 Å². The summed E-state index contributed by atoms with van der Waals surface area (Å²) in [6, 6.07) is 4.72. The molecule has 1 fully saturated rings. The summed E-state index contributed by atoms with van der Waals surface area (Å²) in [5, 5.41) is 3.50. The average Bonchev–Trinajstić information content (AvgIpc) is 2.22. The molecule has 0 unspecified atom stereocenters. The van der Waals surface area contributed by atoms with Crippen molar-refractivity contribution >= 4 is 28.7 Å². The van der Waals surface area contributed by atoms with E-state index >= 15 is 0 Å². The Morgan fingerprint density at radius 1 is 1.47 bits per heavy atom. The molecule has 0 radical (unpaired) electrons. The molecule has 1 aromatic heterocycles. The van der Waals surface area contributed by atoms with Crippen molar-refractivity contribution in [2.45, 2.75) is 25.8 Å². The van der Waals surface area contributed by atoms with E-state index in [1.807, 2.05) is 12.3 Å². The van der Waals surface area contributed by atoms with Crippen molar-refractivity contribution in [3.63, 3.8) is 0 Å². The van der Waals surface area contributed by atoms with E-state index in [0.29, 0.717) is 6.04 Å². The van der Waals surface area contributed by atoms with Gasteiger partial charge in [-0.3, -0.25) is 0 Å². The summed E-state index contributed by atoms with van der Waals surface area (Å²) in [5.74, 6) is 1.02. The van der Waals surface area contributed by atoms with Crippen LogP contribution in [0.15, 0.2) is 18.3 Å². The van der Waals surface area contributed by atoms with Crippen molar-refractivity contribution in [2.24, 2.45) is 0 Å². The Balaban J connectivity index is 1.92. The molecule has 0 amide bonds. The number of rotatable bonds is 2. The first-order valence-corrected chi connectivity index (χ1v) is 6.30. The number of hydrogen-bond donors (Lipinski definition) is 1. The number of nitrogens with zero attached hydrogens (tertiary/aromatic N) is 2. The first-order chi connectivity index (χ1) is 7.24. The number of anilines is 1. The highest BCUT2D eigenvalue weighted by molar-refractivity contribution is 14.1. The first kappa shape index (κ1) is 11.1. The zero-order valence-electron chi connectivity index (χ0n) is 8.91. The van der Waals surface area contributed by atoms with Crippen LogP contribution in [0.25, 0.3) is 0 Å². The fourth-order valence-electron chi connectivity index (χ4n) is 1.82. The van der Waals surface area contributed by atoms with Gasteiger partial charge in [-0.05, 0) is 37.5 Å². The van der Waals surface area contributed by atoms with Crippen LogP contribution in [0, 0.1) is 6.92 Å². The lowest BCUT2D eigenvalue weighted by molar-refractivity contribution is 0.382. The van der Waals surface area contributed by atoms with Crippen molar-refractivity contribution < 1.29 is 0 Å². The molecule has 4 heteroatoms. The molecule has 2 rings (SSSR count). The van der Waals surface area contributed by atoms with Crippen LogP contribution in [-0.4, -0.2) is 27.2 Å². The lowest BCUT2D eigenvalue weighted by atomic mass is 10.1. The van der Waals surface area contributed by atoms with E-state index in [9.17, 15) is 0 Å². The molecule has 3 nitrogen and oxygen atoms in total. The quantitative estimate of drug-likeness (QED) is 0.671. The fraction of sp³-hybridized carbons (Fsp3) is 0.545. The van der Waals surface area contributed by atoms with Crippen LogP contribution in [0.5, 0.6) is 0 Å². The Morgan fingerprint density at radius 3 is 2.87 bits per heavy atom. The number of aryl methyl sites for hydroxylation is 1. The van der Waals surface area contributed by atoms with Gasteiger partial charge >= 0.3 is 0 Å². The monoisotopic (exact) mass is 317 g/mol. The van der Waals surface area contributed by atoms with Crippen LogP contribution in [0.3, 0.4) is 0 Å². The molecule has 0 aromatic carbocycles. The highest BCUT2D eigenvalue weighted by Gasteiger charge is 2.17. The predicted molar refractivity (Wildman–Crippen MR) is 71.2 cm³/mol. The van der Waals surface area contributed by atoms with E-state index < -0.39 is 0 Å². The van der Waals surface area contributed by atoms with Crippen LogP contribution in [0.4, 0.5) is 5.82 Å². The highest BCUT2D eigenvalue weighted by Crippen LogP contribution is 2.17. The van der Waals surface area contributed by atoms with Crippen molar-refractivity contribution in [2.75, 3.05) is 18.4 Å². The maximum absolute atomic E-state index is 4.33. The molecule has 1 aliphatic rings. The molecule has 82 valence electrons. The lowest BCUT2D eigenvalue weighted by Crippen LogP contribution is -2.34. The Kier molecular flexibility index (Phi) is 3.80. The fourth-order valence-corrected chi connectivity index (χ4v) is 2.37. The lowest BCUT2D eigenvalue weighted by Gasteiger charge is -2.28. The summed E-state index contributed by atoms with van der Waals surface area (Å²) in [6.07, 6.45) is 4.28. The number of piperidine rings is 1. The Labute approximate surface area is 105 Å². The molecule has 1 N–H and O–H groups in total. The van der Waals surface area contributed by atoms with Gasteiger partial charge in [-0.25, -0.2) is 8.10 Å². The van der Waals surface area contributed by atoms with Gasteiger partial charge in [0.25, 0.3) is 0 Å². The Hall–Kier alpha value is -0.360. The number of hydrogen-bond acceptors (Lipinski definition) is 3. The highest BCUT2D eigenvalue weighted by atomic mass is 127. The molecule has 0 aliphatic carbocycles. The van der Waals surface area contributed by atoms with E-state index in [1.54, 1.807) is 0 Å². The molecule has 0 atom stereocenters. The Bertz CT molecular complexity index is 321. The minimum absolute atomic E-state index is 0.588. The smallest absolute Gasteiger partial charge is 0.126 e. The number of halogens is 1. The van der Waals surface area contributed by atoms with Crippen LogP contribution >= 0.6 is 22.9 Å². The average molecular weight is 317 g/mol. The van der Waals surface area contributed by atoms with Crippen LogP contribution in [0.1, 0.15) is 18.4 Å². The third-order valence-electron chi connectivity index (χ3n) is 2.71. The summed E-state index contributed by atoms with van der Waals surface area (Å²) in [7, 11) is 0. The second-order valence-corrected chi connectivity index (χ2v) is 5.41. The van der Waals surface area contributed by atoms with E-state index in [-0.39, 0.29) is 0 Å². The van der Waals surface area contributed by atoms with Gasteiger partial charge in [-0.1, -0.05) is 0 Å². The van der Waals surface area contributed by atoms with Gasteiger partial charge in [0.1, 0.15) is 5.82 Å². The molecule has 1 saturated heterocycles. The van der Waals surface area contributed by atoms with Gasteiger partial charge in [0.2, 0.25) is 0 Å². The van der Waals surface area contributed by atoms with E-state index in [2.05, 4.69) is 49.3 Å². The van der Waals surface area contributed by atoms with Gasteiger partial charge < -0.3 is 5.32 Å². The maximum Gasteiger partial charge on any atom is 0.126 e. The molecule has 1 aromatic rings. The minimum Gasteiger partial charge on any atom is -0.367 e. The Morgan fingerprint density at radius 2 is 2.20 bits per heavy atom. The summed E-state index contributed by atoms with van der Waals surface area (Å²) in [6.45, 7) is 4.44. The molecule has 0 saturated carbocycles. The van der Waals surface area contributed by atoms with Gasteiger partial charge in [-0.15, -0.1) is 0 Å². The van der Waals surface area contributed by atoms with Gasteiger partial charge in [0.05, 0.1) is 0 Å². The summed E-state index contributed by atoms with van der Waals surface area (Å²) in [5.41, 5.74) is 1.26. The molecule has 2 heterocycles. The van der Waals surface area contributed by atoms with E-state index in [0.717, 1.165) is 5.82 Å². The summed E-state index contributed by atoms with van der Waals surface area (Å²) < 4.78 is 2.35. The topological polar surface area (TPSA) is 28.2 Å². The minimum atomic E-state index is 0.588. The molecule has 15 heavy (non-hydrogen) atoms. The van der Waals surface area contributed by atoms with Crippen molar-refractivity contribution in [1.29, 1.82) is 0 Å². The number of pyridine rings is 1. The zero-order valence-corrected chi connectivity index (χ0v) is 11.1. The van der Waals surface area contributed by atoms with Gasteiger partial charge in [0, 0.05) is 48.2 Å². The standard InChI is InChI=1S/C11H16IN3/c1-9-2-5-13-11(8-9)14-10-3-6-15(12)7-4-10/h2,5,8,10H,3-4,6-7H2,1H3,(H,13,14). The predicted octanol–water partition coefficient (Wildman–Crippen LogP) is 2.62. The number of nitrogens with one attached hydrogen (secondary N) is 1. The SMILES string of the molecule is Cc1ccnc(NC2CCN(I)CC2)c1. The number of aromatic nitrogens is 1. The second-order valence-electron chi connectivity index (χ2n) is 4.05. The van der Waals surface area contributed by atoms with Crippen molar-refractivity contribution in [1.82, 2.24) is 8.10 Å². The summed E-state index contributed by atoms with van der Waals surface area (Å²) in [4.78, 5) is 4.33. The van der Waals surface area contributed by atoms with Crippen LogP contribution in [-0.2, 0) is 0 Å². The molecular formula is C11H16IN3. The first-order valence-electron chi connectivity index (χ1n) is 5.34. The van der Waals surface area contributed by atoms with Gasteiger partial charge in [0.15, 0.2) is 0 Å². The van der Waals surface area contributed by atoms with E-state index in [4.69, 9.17) is 0 Å². The van der Waals surface area contributed by atoms with E-state index in [1.165, 1.54) is 31.5 Å². The molecule has 0 spiro atoms. The molecule has 1 aliphatic heterocycles. The third-order valence-corrected chi connectivity index (χ3v) is 3.67. The van der Waals surface area contributed by atoms with Crippen molar-refractivity contribution in [3.05, 3.63) is 23.9 Å². The van der Waals surface area contributed by atoms with Crippen molar-refractivity contribution in [3.8, 4) is 0 Å². The normalized spacial score (nSPS) is 19.1. The molecular weight excluding hydrogens is 301 g/mol. The third kappa shape index (κ3) is 3.31. The molecule has 0 bridgehead atoms. The second kappa shape index (κ2) is 5.12. The maximum atomic E-state index is 4.33. The summed E-state index contributed by atoms with van der Waals surface area (Å²) >= 11 is 2.39. The van der Waals surface area contributed by atoms with Crippen LogP contribution in [0.2, 0.25) is 0 Å². The zero-order chi connectivity index (χ0) is 10.7. The largest absolute Gasteiger partial charge is 0.367 e.